The van der Waals surface area contributed by atoms with Crippen LogP contribution in [0.5, 0.6) is 5.75 Å². The fourth-order valence-electron chi connectivity index (χ4n) is 1.79. The van der Waals surface area contributed by atoms with Crippen molar-refractivity contribution in [3.63, 3.8) is 0 Å². The minimum atomic E-state index is -4.87. The van der Waals surface area contributed by atoms with Crippen LogP contribution in [0.2, 0.25) is 0 Å². The van der Waals surface area contributed by atoms with Crippen LogP contribution in [0, 0.1) is 5.82 Å². The van der Waals surface area contributed by atoms with Crippen LogP contribution in [0.3, 0.4) is 0 Å². The Labute approximate surface area is 126 Å². The molecule has 2 aromatic rings. The third-order valence-corrected chi connectivity index (χ3v) is 3.34. The van der Waals surface area contributed by atoms with Gasteiger partial charge in [-0.05, 0) is 39.7 Å². The zero-order valence-electron chi connectivity index (χ0n) is 10.4. The third kappa shape index (κ3) is 3.95. The first-order chi connectivity index (χ1) is 9.78. The van der Waals surface area contributed by atoms with Crippen LogP contribution in [0.1, 0.15) is 17.2 Å². The molecule has 0 spiro atoms. The standard InChI is InChI=1S/C14H9BrF4O2/c15-10-6-5-8(7-11(10)16)13(20)9-3-1-2-4-12(9)21-14(17,18)19/h1-7,13,20H. The monoisotopic (exact) mass is 364 g/mol. The van der Waals surface area contributed by atoms with E-state index < -0.39 is 24.0 Å². The minimum absolute atomic E-state index is 0.100. The van der Waals surface area contributed by atoms with E-state index in [1.807, 2.05) is 0 Å². The number of benzene rings is 2. The summed E-state index contributed by atoms with van der Waals surface area (Å²) in [6.45, 7) is 0. The zero-order valence-corrected chi connectivity index (χ0v) is 12.0. The van der Waals surface area contributed by atoms with Crippen LogP contribution in [-0.4, -0.2) is 11.5 Å². The molecule has 0 radical (unpaired) electrons. The highest BCUT2D eigenvalue weighted by Gasteiger charge is 2.33. The SMILES string of the molecule is OC(c1ccc(Br)c(F)c1)c1ccccc1OC(F)(F)F. The lowest BCUT2D eigenvalue weighted by atomic mass is 10.0. The maximum Gasteiger partial charge on any atom is 0.573 e. The maximum absolute atomic E-state index is 13.5. The van der Waals surface area contributed by atoms with Crippen LogP contribution < -0.4 is 4.74 Å². The molecule has 0 aliphatic heterocycles. The van der Waals surface area contributed by atoms with Crippen LogP contribution in [0.4, 0.5) is 17.6 Å². The summed E-state index contributed by atoms with van der Waals surface area (Å²) in [5, 5.41) is 10.2. The maximum atomic E-state index is 13.5. The van der Waals surface area contributed by atoms with Gasteiger partial charge < -0.3 is 9.84 Å². The Kier molecular flexibility index (Phi) is 4.53. The molecule has 1 atom stereocenters. The van der Waals surface area contributed by atoms with Crippen LogP contribution in [0.25, 0.3) is 0 Å². The summed E-state index contributed by atoms with van der Waals surface area (Å²) in [4.78, 5) is 0. The van der Waals surface area contributed by atoms with Gasteiger partial charge in [0.15, 0.2) is 0 Å². The van der Waals surface area contributed by atoms with Crippen molar-refractivity contribution < 1.29 is 27.4 Å². The quantitative estimate of drug-likeness (QED) is 0.808. The van der Waals surface area contributed by atoms with Gasteiger partial charge in [0.2, 0.25) is 0 Å². The van der Waals surface area contributed by atoms with Gasteiger partial charge in [-0.3, -0.25) is 0 Å². The second-order valence-electron chi connectivity index (χ2n) is 4.16. The zero-order chi connectivity index (χ0) is 15.6. The molecule has 0 heterocycles. The molecule has 112 valence electrons. The van der Waals surface area contributed by atoms with Crippen molar-refractivity contribution >= 4 is 15.9 Å². The molecule has 0 amide bonds. The Morgan fingerprint density at radius 2 is 1.76 bits per heavy atom. The van der Waals surface area contributed by atoms with E-state index in [-0.39, 0.29) is 15.6 Å². The van der Waals surface area contributed by atoms with Crippen LogP contribution in [-0.2, 0) is 0 Å². The molecular formula is C14H9BrF4O2. The lowest BCUT2D eigenvalue weighted by molar-refractivity contribution is -0.275. The number of para-hydroxylation sites is 1. The first-order valence-corrected chi connectivity index (χ1v) is 6.55. The van der Waals surface area contributed by atoms with Gasteiger partial charge in [-0.25, -0.2) is 4.39 Å². The summed E-state index contributed by atoms with van der Waals surface area (Å²) in [6.07, 6.45) is -6.31. The topological polar surface area (TPSA) is 29.5 Å². The van der Waals surface area contributed by atoms with Gasteiger partial charge in [-0.1, -0.05) is 24.3 Å². The molecule has 0 fully saturated rings. The van der Waals surface area contributed by atoms with Crippen molar-refractivity contribution in [1.82, 2.24) is 0 Å². The van der Waals surface area contributed by atoms with E-state index in [0.29, 0.717) is 0 Å². The number of aliphatic hydroxyl groups is 1. The number of aliphatic hydroxyl groups excluding tert-OH is 1. The molecule has 2 rings (SSSR count). The van der Waals surface area contributed by atoms with E-state index in [1.54, 1.807) is 0 Å². The largest absolute Gasteiger partial charge is 0.573 e. The van der Waals surface area contributed by atoms with Gasteiger partial charge in [-0.2, -0.15) is 0 Å². The lowest BCUT2D eigenvalue weighted by Crippen LogP contribution is -2.18. The van der Waals surface area contributed by atoms with E-state index >= 15 is 0 Å². The van der Waals surface area contributed by atoms with Crippen molar-refractivity contribution in [2.24, 2.45) is 0 Å². The van der Waals surface area contributed by atoms with E-state index in [4.69, 9.17) is 0 Å². The number of ether oxygens (including phenoxy) is 1. The number of alkyl halides is 3. The molecule has 1 unspecified atom stereocenters. The first kappa shape index (κ1) is 15.8. The minimum Gasteiger partial charge on any atom is -0.405 e. The first-order valence-electron chi connectivity index (χ1n) is 5.75. The molecule has 0 saturated heterocycles. The fraction of sp³-hybridized carbons (Fsp3) is 0.143. The van der Waals surface area contributed by atoms with Gasteiger partial charge >= 0.3 is 6.36 Å². The molecule has 0 aromatic heterocycles. The van der Waals surface area contributed by atoms with E-state index in [2.05, 4.69) is 20.7 Å². The van der Waals surface area contributed by atoms with E-state index in [1.165, 1.54) is 30.3 Å². The molecule has 0 aliphatic rings. The summed E-state index contributed by atoms with van der Waals surface area (Å²) in [7, 11) is 0. The number of rotatable bonds is 3. The highest BCUT2D eigenvalue weighted by Crippen LogP contribution is 2.34. The molecule has 0 bridgehead atoms. The molecule has 21 heavy (non-hydrogen) atoms. The molecule has 1 N–H and O–H groups in total. The van der Waals surface area contributed by atoms with Crippen LogP contribution >= 0.6 is 15.9 Å². The van der Waals surface area contributed by atoms with E-state index in [0.717, 1.165) is 12.1 Å². The summed E-state index contributed by atoms with van der Waals surface area (Å²) >= 11 is 2.96. The van der Waals surface area contributed by atoms with Crippen molar-refractivity contribution in [2.75, 3.05) is 0 Å². The van der Waals surface area contributed by atoms with Crippen molar-refractivity contribution in [2.45, 2.75) is 12.5 Å². The number of hydrogen-bond acceptors (Lipinski definition) is 2. The molecule has 0 saturated carbocycles. The Bertz CT molecular complexity index is 643. The van der Waals surface area contributed by atoms with Gasteiger partial charge in [0, 0.05) is 5.56 Å². The van der Waals surface area contributed by atoms with Crippen molar-refractivity contribution in [3.8, 4) is 5.75 Å². The van der Waals surface area contributed by atoms with Gasteiger partial charge in [0.05, 0.1) is 4.47 Å². The lowest BCUT2D eigenvalue weighted by Gasteiger charge is -2.17. The second-order valence-corrected chi connectivity index (χ2v) is 5.02. The average Bonchev–Trinajstić information content (AvgIpc) is 2.40. The molecule has 0 aliphatic carbocycles. The van der Waals surface area contributed by atoms with Crippen molar-refractivity contribution in [1.29, 1.82) is 0 Å². The number of halogens is 5. The van der Waals surface area contributed by atoms with Crippen molar-refractivity contribution in [3.05, 3.63) is 63.9 Å². The Morgan fingerprint density at radius 1 is 1.10 bits per heavy atom. The fourth-order valence-corrected chi connectivity index (χ4v) is 2.03. The Hall–Kier alpha value is -1.60. The molecular weight excluding hydrogens is 356 g/mol. The second kappa shape index (κ2) is 6.03. The summed E-state index contributed by atoms with van der Waals surface area (Å²) in [6, 6.07) is 8.98. The van der Waals surface area contributed by atoms with Crippen LogP contribution in [0.15, 0.2) is 46.9 Å². The highest BCUT2D eigenvalue weighted by atomic mass is 79.9. The molecule has 7 heteroatoms. The Balaban J connectivity index is 2.38. The summed E-state index contributed by atoms with van der Waals surface area (Å²) in [5.74, 6) is -1.15. The smallest absolute Gasteiger partial charge is 0.405 e. The number of hydrogen-bond donors (Lipinski definition) is 1. The van der Waals surface area contributed by atoms with E-state index in [9.17, 15) is 22.7 Å². The predicted molar refractivity (Wildman–Crippen MR) is 71.3 cm³/mol. The summed E-state index contributed by atoms with van der Waals surface area (Å²) in [5.41, 5.74) is 0.0190. The summed E-state index contributed by atoms with van der Waals surface area (Å²) < 4.78 is 54.5. The third-order valence-electron chi connectivity index (χ3n) is 2.70. The highest BCUT2D eigenvalue weighted by molar-refractivity contribution is 9.10. The average molecular weight is 365 g/mol. The van der Waals surface area contributed by atoms with Gasteiger partial charge in [0.25, 0.3) is 0 Å². The molecule has 2 nitrogen and oxygen atoms in total. The predicted octanol–water partition coefficient (Wildman–Crippen LogP) is 4.57. The normalized spacial score (nSPS) is 13.0. The van der Waals surface area contributed by atoms with Gasteiger partial charge in [-0.15, -0.1) is 13.2 Å². The Morgan fingerprint density at radius 3 is 2.38 bits per heavy atom. The van der Waals surface area contributed by atoms with Gasteiger partial charge in [0.1, 0.15) is 17.7 Å². The molecule has 2 aromatic carbocycles.